The molecule has 6 rings (SSSR count). The van der Waals surface area contributed by atoms with Crippen molar-refractivity contribution in [3.63, 3.8) is 0 Å². The number of nitrogens with zero attached hydrogens (tertiary/aromatic N) is 2. The van der Waals surface area contributed by atoms with E-state index in [4.69, 9.17) is 16.3 Å². The maximum absolute atomic E-state index is 14.3. The van der Waals surface area contributed by atoms with Gasteiger partial charge in [0, 0.05) is 29.8 Å². The lowest BCUT2D eigenvalue weighted by atomic mass is 9.73. The summed E-state index contributed by atoms with van der Waals surface area (Å²) in [6.07, 6.45) is 11.2. The van der Waals surface area contributed by atoms with E-state index in [0.29, 0.717) is 35.6 Å². The average Bonchev–Trinajstić information content (AvgIpc) is 3.49. The van der Waals surface area contributed by atoms with Gasteiger partial charge in [0.15, 0.2) is 0 Å². The highest BCUT2D eigenvalue weighted by Crippen LogP contribution is 2.55. The minimum absolute atomic E-state index is 0. The molecule has 5 aliphatic rings. The summed E-state index contributed by atoms with van der Waals surface area (Å²) in [7, 11) is 0. The normalized spacial score (nSPS) is 35.8. The number of halogens is 2. The first-order valence-electron chi connectivity index (χ1n) is 15.6. The molecule has 4 aliphatic heterocycles. The van der Waals surface area contributed by atoms with E-state index in [1.807, 2.05) is 12.2 Å². The number of hydrogen-bond donors (Lipinski definition) is 2. The summed E-state index contributed by atoms with van der Waals surface area (Å²) in [6.45, 7) is 7.62. The molecule has 1 spiro atoms. The number of fused-ring (bicyclic) bond motifs is 1. The maximum Gasteiger partial charge on any atom is 0.246 e. The Morgan fingerprint density at radius 3 is 2.55 bits per heavy atom. The molecule has 2 bridgehead atoms. The number of rotatable bonds is 7. The third-order valence-corrected chi connectivity index (χ3v) is 10.6. The van der Waals surface area contributed by atoms with Crippen molar-refractivity contribution in [1.82, 2.24) is 15.1 Å². The zero-order chi connectivity index (χ0) is 28.7. The first kappa shape index (κ1) is 31.3. The summed E-state index contributed by atoms with van der Waals surface area (Å²) in [4.78, 5) is 46.3. The second kappa shape index (κ2) is 12.8. The Kier molecular flexibility index (Phi) is 9.57. The molecule has 0 aromatic heterocycles. The van der Waals surface area contributed by atoms with E-state index in [1.165, 1.54) is 19.3 Å². The Balaban J connectivity index is 0.00000353. The number of anilines is 1. The summed E-state index contributed by atoms with van der Waals surface area (Å²) in [6, 6.07) is 6.24. The number of benzene rings is 1. The van der Waals surface area contributed by atoms with E-state index in [9.17, 15) is 14.4 Å². The minimum atomic E-state index is -1.15. The number of amides is 3. The first-order chi connectivity index (χ1) is 19.8. The lowest BCUT2D eigenvalue weighted by Gasteiger charge is -2.38. The quantitative estimate of drug-likeness (QED) is 0.434. The number of ether oxygens (including phenoxy) is 1. The van der Waals surface area contributed by atoms with E-state index in [1.54, 1.807) is 29.2 Å². The fraction of sp³-hybridized carbons (Fsp3) is 0.656. The molecule has 1 aromatic carbocycles. The number of hydrogen-bond acceptors (Lipinski definition) is 5. The average molecular weight is 620 g/mol. The van der Waals surface area contributed by atoms with Crippen LogP contribution >= 0.6 is 24.0 Å². The maximum atomic E-state index is 14.3. The molecule has 1 aliphatic carbocycles. The van der Waals surface area contributed by atoms with Gasteiger partial charge in [-0.2, -0.15) is 0 Å². The third-order valence-electron chi connectivity index (χ3n) is 10.4. The van der Waals surface area contributed by atoms with Gasteiger partial charge in [0.05, 0.1) is 17.9 Å². The van der Waals surface area contributed by atoms with Gasteiger partial charge in [-0.15, -0.1) is 12.4 Å². The minimum Gasteiger partial charge on any atom is -0.359 e. The molecule has 230 valence electrons. The number of nitrogens with one attached hydrogen (secondary N) is 2. The molecule has 6 unspecified atom stereocenters. The summed E-state index contributed by atoms with van der Waals surface area (Å²) >= 11 is 6.15. The van der Waals surface area contributed by atoms with Crippen LogP contribution in [0.5, 0.6) is 0 Å². The summed E-state index contributed by atoms with van der Waals surface area (Å²) in [5.74, 6) is -1.20. The van der Waals surface area contributed by atoms with Crippen LogP contribution in [0.1, 0.15) is 58.8 Å². The highest BCUT2D eigenvalue weighted by Gasteiger charge is 2.72. The van der Waals surface area contributed by atoms with Gasteiger partial charge in [0.25, 0.3) is 0 Å². The highest BCUT2D eigenvalue weighted by molar-refractivity contribution is 6.30. The fourth-order valence-corrected chi connectivity index (χ4v) is 8.15. The fourth-order valence-electron chi connectivity index (χ4n) is 7.96. The predicted octanol–water partition coefficient (Wildman–Crippen LogP) is 4.67. The van der Waals surface area contributed by atoms with Crippen LogP contribution in [0.25, 0.3) is 0 Å². The molecule has 3 amide bonds. The van der Waals surface area contributed by atoms with Gasteiger partial charge in [-0.25, -0.2) is 0 Å². The van der Waals surface area contributed by atoms with Crippen molar-refractivity contribution in [2.24, 2.45) is 23.7 Å². The van der Waals surface area contributed by atoms with Crippen molar-refractivity contribution >= 4 is 47.4 Å². The lowest BCUT2D eigenvalue weighted by molar-refractivity contribution is -0.141. The Bertz CT molecular complexity index is 1200. The molecule has 1 saturated carbocycles. The van der Waals surface area contributed by atoms with Gasteiger partial charge in [0.1, 0.15) is 11.6 Å². The van der Waals surface area contributed by atoms with E-state index in [2.05, 4.69) is 29.4 Å². The lowest BCUT2D eigenvalue weighted by Crippen LogP contribution is -2.58. The van der Waals surface area contributed by atoms with Gasteiger partial charge in [-0.3, -0.25) is 14.4 Å². The van der Waals surface area contributed by atoms with Crippen LogP contribution in [0.15, 0.2) is 36.4 Å². The van der Waals surface area contributed by atoms with Gasteiger partial charge in [-0.05, 0) is 62.4 Å². The molecule has 2 N–H and O–H groups in total. The number of likely N-dealkylation sites (tertiary alicyclic amines) is 2. The van der Waals surface area contributed by atoms with Crippen LogP contribution in [0.4, 0.5) is 5.69 Å². The van der Waals surface area contributed by atoms with Crippen molar-refractivity contribution in [1.29, 1.82) is 0 Å². The van der Waals surface area contributed by atoms with E-state index in [-0.39, 0.29) is 36.2 Å². The van der Waals surface area contributed by atoms with Crippen LogP contribution in [0.3, 0.4) is 0 Å². The second-order valence-corrected chi connectivity index (χ2v) is 13.3. The molecule has 4 fully saturated rings. The topological polar surface area (TPSA) is 91.0 Å². The van der Waals surface area contributed by atoms with Crippen molar-refractivity contribution in [2.75, 3.05) is 31.5 Å². The molecule has 10 heteroatoms. The Hall–Kier alpha value is -2.13. The zero-order valence-electron chi connectivity index (χ0n) is 24.6. The monoisotopic (exact) mass is 618 g/mol. The Labute approximate surface area is 260 Å². The van der Waals surface area contributed by atoms with E-state index >= 15 is 0 Å². The van der Waals surface area contributed by atoms with Crippen LogP contribution < -0.4 is 10.6 Å². The van der Waals surface area contributed by atoms with Crippen molar-refractivity contribution in [2.45, 2.75) is 82.6 Å². The molecular weight excluding hydrogens is 575 g/mol. The largest absolute Gasteiger partial charge is 0.359 e. The van der Waals surface area contributed by atoms with Crippen LogP contribution in [0.2, 0.25) is 5.02 Å². The molecule has 0 radical (unpaired) electrons. The van der Waals surface area contributed by atoms with Gasteiger partial charge >= 0.3 is 0 Å². The molecule has 42 heavy (non-hydrogen) atoms. The molecular formula is C32H44Cl2N4O4. The van der Waals surface area contributed by atoms with Gasteiger partial charge in [-0.1, -0.05) is 69.4 Å². The summed E-state index contributed by atoms with van der Waals surface area (Å²) in [5.41, 5.74) is -0.578. The second-order valence-electron chi connectivity index (χ2n) is 12.9. The molecule has 1 aromatic rings. The van der Waals surface area contributed by atoms with Crippen molar-refractivity contribution < 1.29 is 19.1 Å². The standard InChI is InChI=1S/C32H43ClN4O4.ClH/c1-20-9-7-12-24(21(20)2)35-30(39)28-32-14-13-25(41-32)26(29(38)34-23-11-8-10-22(33)19-23)27(32)31(40)37(28)18-17-36-15-5-3-4-6-16-36;/h8,10-11,13-14,19-21,24-28H,3-7,9,12,15-18H2,1-2H3,(H,34,38)(H,35,39);1H/t20?,21?,24?,25-,26?,27-,28?,32?;/m0./s1. The van der Waals surface area contributed by atoms with Crippen LogP contribution in [-0.2, 0) is 19.1 Å². The SMILES string of the molecule is CC1CCCC(NC(=O)C2N(CCN3CCCCCC3)C(=O)[C@@H]3C(C(=O)Nc4cccc(Cl)c4)[C@@H]4C=CC23O4)C1C.Cl. The van der Waals surface area contributed by atoms with Crippen molar-refractivity contribution in [3.8, 4) is 0 Å². The molecule has 4 heterocycles. The summed E-state index contributed by atoms with van der Waals surface area (Å²) in [5, 5.41) is 6.81. The Morgan fingerprint density at radius 2 is 1.81 bits per heavy atom. The predicted molar refractivity (Wildman–Crippen MR) is 166 cm³/mol. The molecule has 3 saturated heterocycles. The molecule has 8 atom stereocenters. The Morgan fingerprint density at radius 1 is 1.05 bits per heavy atom. The number of carbonyl (C=O) groups excluding carboxylic acids is 3. The highest BCUT2D eigenvalue weighted by atomic mass is 35.5. The van der Waals surface area contributed by atoms with Crippen molar-refractivity contribution in [3.05, 3.63) is 41.4 Å². The van der Waals surface area contributed by atoms with Crippen LogP contribution in [0, 0.1) is 23.7 Å². The van der Waals surface area contributed by atoms with E-state index in [0.717, 1.165) is 38.8 Å². The van der Waals surface area contributed by atoms with Crippen LogP contribution in [-0.4, -0.2) is 77.5 Å². The summed E-state index contributed by atoms with van der Waals surface area (Å²) < 4.78 is 6.53. The smallest absolute Gasteiger partial charge is 0.246 e. The van der Waals surface area contributed by atoms with E-state index < -0.39 is 29.6 Å². The third kappa shape index (κ3) is 5.72. The first-order valence-corrected chi connectivity index (χ1v) is 15.9. The molecule has 8 nitrogen and oxygen atoms in total. The zero-order valence-corrected chi connectivity index (χ0v) is 26.2. The van der Waals surface area contributed by atoms with Gasteiger partial charge in [0.2, 0.25) is 17.7 Å². The van der Waals surface area contributed by atoms with Gasteiger partial charge < -0.3 is 25.2 Å². The number of carbonyl (C=O) groups is 3.